The fourth-order valence-corrected chi connectivity index (χ4v) is 3.12. The summed E-state index contributed by atoms with van der Waals surface area (Å²) in [5.74, 6) is 1.77. The van der Waals surface area contributed by atoms with Crippen molar-refractivity contribution in [1.29, 1.82) is 0 Å². The molecular formula is C15H27N3. The molecule has 2 rings (SSSR count). The van der Waals surface area contributed by atoms with Gasteiger partial charge in [0.25, 0.3) is 0 Å². The Hall–Kier alpha value is -0.830. The second-order valence-corrected chi connectivity index (χ2v) is 5.78. The maximum absolute atomic E-state index is 4.49. The Morgan fingerprint density at radius 1 is 1.39 bits per heavy atom. The lowest BCUT2D eigenvalue weighted by Gasteiger charge is -2.28. The first-order valence-corrected chi connectivity index (χ1v) is 7.42. The standard InChI is InChI=1S/C15H27N3/c1-4-15-14(11-18(3)17-15)10-16-9-13-8-6-5-7-12(13)2/h11-13,16H,4-10H2,1-3H3. The number of hydrogen-bond acceptors (Lipinski definition) is 2. The Labute approximate surface area is 111 Å². The molecule has 0 saturated heterocycles. The molecule has 2 unspecified atom stereocenters. The van der Waals surface area contributed by atoms with E-state index in [-0.39, 0.29) is 0 Å². The third-order valence-corrected chi connectivity index (χ3v) is 4.34. The Morgan fingerprint density at radius 3 is 2.89 bits per heavy atom. The van der Waals surface area contributed by atoms with Crippen LogP contribution >= 0.6 is 0 Å². The minimum atomic E-state index is 0.875. The highest BCUT2D eigenvalue weighted by Crippen LogP contribution is 2.28. The van der Waals surface area contributed by atoms with E-state index in [4.69, 9.17) is 0 Å². The van der Waals surface area contributed by atoms with Crippen molar-refractivity contribution in [1.82, 2.24) is 15.1 Å². The van der Waals surface area contributed by atoms with Gasteiger partial charge in [0.1, 0.15) is 0 Å². The molecule has 0 bridgehead atoms. The number of aromatic nitrogens is 2. The molecule has 1 aromatic rings. The fourth-order valence-electron chi connectivity index (χ4n) is 3.12. The molecule has 0 aromatic carbocycles. The zero-order chi connectivity index (χ0) is 13.0. The van der Waals surface area contributed by atoms with Gasteiger partial charge in [-0.2, -0.15) is 5.10 Å². The van der Waals surface area contributed by atoms with Crippen LogP contribution in [0.2, 0.25) is 0 Å². The summed E-state index contributed by atoms with van der Waals surface area (Å²) in [6.45, 7) is 6.72. The van der Waals surface area contributed by atoms with E-state index in [0.717, 1.165) is 24.8 Å². The van der Waals surface area contributed by atoms with Crippen LogP contribution in [-0.2, 0) is 20.0 Å². The lowest BCUT2D eigenvalue weighted by Crippen LogP contribution is -2.29. The van der Waals surface area contributed by atoms with Crippen LogP contribution in [-0.4, -0.2) is 16.3 Å². The van der Waals surface area contributed by atoms with Gasteiger partial charge in [-0.15, -0.1) is 0 Å². The molecule has 3 heteroatoms. The molecule has 102 valence electrons. The fraction of sp³-hybridized carbons (Fsp3) is 0.800. The van der Waals surface area contributed by atoms with Crippen LogP contribution in [0.5, 0.6) is 0 Å². The Balaban J connectivity index is 1.80. The molecule has 0 aliphatic heterocycles. The first kappa shape index (κ1) is 13.6. The molecule has 1 fully saturated rings. The van der Waals surface area contributed by atoms with Gasteiger partial charge in [-0.05, 0) is 31.2 Å². The van der Waals surface area contributed by atoms with E-state index in [1.807, 2.05) is 11.7 Å². The third-order valence-electron chi connectivity index (χ3n) is 4.34. The smallest absolute Gasteiger partial charge is 0.0666 e. The van der Waals surface area contributed by atoms with Gasteiger partial charge in [0.15, 0.2) is 0 Å². The summed E-state index contributed by atoms with van der Waals surface area (Å²) in [5.41, 5.74) is 2.60. The summed E-state index contributed by atoms with van der Waals surface area (Å²) in [7, 11) is 2.01. The minimum absolute atomic E-state index is 0.875. The monoisotopic (exact) mass is 249 g/mol. The van der Waals surface area contributed by atoms with Gasteiger partial charge >= 0.3 is 0 Å². The van der Waals surface area contributed by atoms with Crippen LogP contribution in [0.3, 0.4) is 0 Å². The maximum Gasteiger partial charge on any atom is 0.0666 e. The second-order valence-electron chi connectivity index (χ2n) is 5.78. The minimum Gasteiger partial charge on any atom is -0.312 e. The average molecular weight is 249 g/mol. The second kappa shape index (κ2) is 6.37. The molecule has 2 atom stereocenters. The van der Waals surface area contributed by atoms with Gasteiger partial charge < -0.3 is 5.32 Å². The molecular weight excluding hydrogens is 222 g/mol. The van der Waals surface area contributed by atoms with Crippen molar-refractivity contribution in [3.05, 3.63) is 17.5 Å². The highest BCUT2D eigenvalue weighted by Gasteiger charge is 2.20. The van der Waals surface area contributed by atoms with E-state index in [2.05, 4.69) is 30.5 Å². The van der Waals surface area contributed by atoms with Gasteiger partial charge in [-0.3, -0.25) is 4.68 Å². The molecule has 1 N–H and O–H groups in total. The van der Waals surface area contributed by atoms with Gasteiger partial charge in [0, 0.05) is 25.4 Å². The third kappa shape index (κ3) is 3.35. The van der Waals surface area contributed by atoms with Crippen molar-refractivity contribution in [3.8, 4) is 0 Å². The van der Waals surface area contributed by atoms with Crippen LogP contribution in [0.25, 0.3) is 0 Å². The molecule has 18 heavy (non-hydrogen) atoms. The zero-order valence-corrected chi connectivity index (χ0v) is 12.1. The largest absolute Gasteiger partial charge is 0.312 e. The molecule has 1 aliphatic rings. The Bertz CT molecular complexity index is 370. The highest BCUT2D eigenvalue weighted by atomic mass is 15.3. The van der Waals surface area contributed by atoms with Gasteiger partial charge in [-0.25, -0.2) is 0 Å². The van der Waals surface area contributed by atoms with Crippen molar-refractivity contribution in [3.63, 3.8) is 0 Å². The van der Waals surface area contributed by atoms with Crippen LogP contribution in [0.1, 0.15) is 50.8 Å². The first-order valence-electron chi connectivity index (χ1n) is 7.42. The quantitative estimate of drug-likeness (QED) is 0.869. The van der Waals surface area contributed by atoms with E-state index < -0.39 is 0 Å². The van der Waals surface area contributed by atoms with Gasteiger partial charge in [-0.1, -0.05) is 33.1 Å². The summed E-state index contributed by atoms with van der Waals surface area (Å²) in [5, 5.41) is 8.12. The molecule has 0 spiro atoms. The molecule has 3 nitrogen and oxygen atoms in total. The molecule has 0 radical (unpaired) electrons. The lowest BCUT2D eigenvalue weighted by molar-refractivity contribution is 0.247. The van der Waals surface area contributed by atoms with Crippen molar-refractivity contribution in [2.24, 2.45) is 18.9 Å². The van der Waals surface area contributed by atoms with E-state index in [1.165, 1.54) is 43.5 Å². The zero-order valence-electron chi connectivity index (χ0n) is 12.1. The lowest BCUT2D eigenvalue weighted by atomic mass is 9.80. The maximum atomic E-state index is 4.49. The van der Waals surface area contributed by atoms with E-state index in [1.54, 1.807) is 0 Å². The van der Waals surface area contributed by atoms with Crippen molar-refractivity contribution in [2.45, 2.75) is 52.5 Å². The summed E-state index contributed by atoms with van der Waals surface area (Å²) in [6.07, 6.45) is 8.85. The predicted molar refractivity (Wildman–Crippen MR) is 75.4 cm³/mol. The van der Waals surface area contributed by atoms with Crippen LogP contribution in [0.4, 0.5) is 0 Å². The van der Waals surface area contributed by atoms with E-state index in [9.17, 15) is 0 Å². The summed E-state index contributed by atoms with van der Waals surface area (Å²) < 4.78 is 1.93. The summed E-state index contributed by atoms with van der Waals surface area (Å²) in [4.78, 5) is 0. The van der Waals surface area contributed by atoms with Crippen molar-refractivity contribution < 1.29 is 0 Å². The van der Waals surface area contributed by atoms with Gasteiger partial charge in [0.2, 0.25) is 0 Å². The van der Waals surface area contributed by atoms with Crippen molar-refractivity contribution >= 4 is 0 Å². The predicted octanol–water partition coefficient (Wildman–Crippen LogP) is 2.90. The number of hydrogen-bond donors (Lipinski definition) is 1. The number of nitrogens with zero attached hydrogens (tertiary/aromatic N) is 2. The van der Waals surface area contributed by atoms with Crippen LogP contribution < -0.4 is 5.32 Å². The van der Waals surface area contributed by atoms with Gasteiger partial charge in [0.05, 0.1) is 5.69 Å². The summed E-state index contributed by atoms with van der Waals surface area (Å²) in [6, 6.07) is 0. The number of aryl methyl sites for hydroxylation is 2. The Morgan fingerprint density at radius 2 is 2.17 bits per heavy atom. The SMILES string of the molecule is CCc1nn(C)cc1CNCC1CCCCC1C. The summed E-state index contributed by atoms with van der Waals surface area (Å²) >= 11 is 0. The molecule has 1 heterocycles. The Kier molecular flexibility index (Phi) is 4.81. The van der Waals surface area contributed by atoms with Crippen LogP contribution in [0, 0.1) is 11.8 Å². The van der Waals surface area contributed by atoms with E-state index >= 15 is 0 Å². The first-order chi connectivity index (χ1) is 8.70. The topological polar surface area (TPSA) is 29.9 Å². The number of rotatable bonds is 5. The number of nitrogens with one attached hydrogen (secondary N) is 1. The highest BCUT2D eigenvalue weighted by molar-refractivity contribution is 5.16. The average Bonchev–Trinajstić information content (AvgIpc) is 2.72. The molecule has 1 aliphatic carbocycles. The molecule has 0 amide bonds. The van der Waals surface area contributed by atoms with Crippen molar-refractivity contribution in [2.75, 3.05) is 6.54 Å². The van der Waals surface area contributed by atoms with E-state index in [0.29, 0.717) is 0 Å². The van der Waals surface area contributed by atoms with Crippen LogP contribution in [0.15, 0.2) is 6.20 Å². The molecule has 1 saturated carbocycles. The normalized spacial score (nSPS) is 24.4. The molecule has 1 aromatic heterocycles.